The highest BCUT2D eigenvalue weighted by atomic mass is 16.5. The molecule has 0 heterocycles. The molecule has 2 aliphatic carbocycles. The van der Waals surface area contributed by atoms with Gasteiger partial charge in [0.25, 0.3) is 0 Å². The Morgan fingerprint density at radius 2 is 2.00 bits per heavy atom. The molecular formula is C17H25NO. The lowest BCUT2D eigenvalue weighted by atomic mass is 9.92. The molecule has 0 saturated heterocycles. The molecule has 2 aliphatic rings. The Hall–Kier alpha value is -1.02. The van der Waals surface area contributed by atoms with Crippen LogP contribution in [0.3, 0.4) is 0 Å². The van der Waals surface area contributed by atoms with Gasteiger partial charge in [-0.15, -0.1) is 0 Å². The third kappa shape index (κ3) is 3.50. The third-order valence-corrected chi connectivity index (χ3v) is 4.49. The zero-order chi connectivity index (χ0) is 13.1. The molecule has 0 amide bonds. The molecular weight excluding hydrogens is 234 g/mol. The molecule has 0 radical (unpaired) electrons. The average molecular weight is 259 g/mol. The van der Waals surface area contributed by atoms with Crippen molar-refractivity contribution in [2.45, 2.75) is 51.5 Å². The van der Waals surface area contributed by atoms with Crippen molar-refractivity contribution in [1.29, 1.82) is 0 Å². The van der Waals surface area contributed by atoms with Crippen molar-refractivity contribution in [3.05, 3.63) is 29.3 Å². The van der Waals surface area contributed by atoms with Gasteiger partial charge in [0, 0.05) is 12.6 Å². The highest BCUT2D eigenvalue weighted by Gasteiger charge is 2.27. The van der Waals surface area contributed by atoms with Crippen molar-refractivity contribution in [2.24, 2.45) is 5.92 Å². The number of aryl methyl sites for hydroxylation is 2. The zero-order valence-corrected chi connectivity index (χ0v) is 12.0. The van der Waals surface area contributed by atoms with Crippen molar-refractivity contribution < 1.29 is 4.74 Å². The summed E-state index contributed by atoms with van der Waals surface area (Å²) in [5, 5.41) is 3.55. The van der Waals surface area contributed by atoms with Crippen LogP contribution in [-0.4, -0.2) is 19.2 Å². The number of hydrogen-bond acceptors (Lipinski definition) is 2. The van der Waals surface area contributed by atoms with E-state index in [4.69, 9.17) is 4.74 Å². The predicted molar refractivity (Wildman–Crippen MR) is 78.8 cm³/mol. The van der Waals surface area contributed by atoms with Gasteiger partial charge in [-0.05, 0) is 74.6 Å². The monoisotopic (exact) mass is 259 g/mol. The van der Waals surface area contributed by atoms with Gasteiger partial charge in [0.05, 0.1) is 0 Å². The van der Waals surface area contributed by atoms with E-state index in [1.807, 2.05) is 0 Å². The van der Waals surface area contributed by atoms with Gasteiger partial charge in [0.15, 0.2) is 0 Å². The number of nitrogens with one attached hydrogen (secondary N) is 1. The second-order valence-corrected chi connectivity index (χ2v) is 6.07. The first kappa shape index (κ1) is 13.0. The van der Waals surface area contributed by atoms with Gasteiger partial charge in [-0.1, -0.05) is 6.07 Å². The minimum atomic E-state index is 0.659. The molecule has 2 heteroatoms. The van der Waals surface area contributed by atoms with Gasteiger partial charge in [-0.2, -0.15) is 0 Å². The maximum Gasteiger partial charge on any atom is 0.119 e. The van der Waals surface area contributed by atoms with E-state index in [1.165, 1.54) is 49.7 Å². The van der Waals surface area contributed by atoms with Crippen LogP contribution < -0.4 is 10.1 Å². The van der Waals surface area contributed by atoms with Crippen LogP contribution in [-0.2, 0) is 12.8 Å². The second kappa shape index (κ2) is 5.96. The SMILES string of the molecule is CC(NCCOc1ccc2c(c1)CCCC2)C1CC1. The number of fused-ring (bicyclic) bond motifs is 1. The summed E-state index contributed by atoms with van der Waals surface area (Å²) in [4.78, 5) is 0. The van der Waals surface area contributed by atoms with Crippen molar-refractivity contribution in [2.75, 3.05) is 13.2 Å². The van der Waals surface area contributed by atoms with Gasteiger partial charge in [0.1, 0.15) is 12.4 Å². The fourth-order valence-electron chi connectivity index (χ4n) is 3.02. The minimum absolute atomic E-state index is 0.659. The van der Waals surface area contributed by atoms with E-state index in [2.05, 4.69) is 30.4 Å². The lowest BCUT2D eigenvalue weighted by Gasteiger charge is -2.17. The Morgan fingerprint density at radius 3 is 2.79 bits per heavy atom. The van der Waals surface area contributed by atoms with Crippen molar-refractivity contribution in [3.63, 3.8) is 0 Å². The molecule has 1 unspecified atom stereocenters. The van der Waals surface area contributed by atoms with Crippen LogP contribution >= 0.6 is 0 Å². The van der Waals surface area contributed by atoms with Crippen LogP contribution in [0.5, 0.6) is 5.75 Å². The van der Waals surface area contributed by atoms with Crippen molar-refractivity contribution in [1.82, 2.24) is 5.32 Å². The Labute approximate surface area is 116 Å². The molecule has 0 aromatic heterocycles. The van der Waals surface area contributed by atoms with Crippen LogP contribution in [0.1, 0.15) is 43.7 Å². The molecule has 104 valence electrons. The summed E-state index contributed by atoms with van der Waals surface area (Å²) in [5.41, 5.74) is 3.03. The third-order valence-electron chi connectivity index (χ3n) is 4.49. The molecule has 3 rings (SSSR count). The average Bonchev–Trinajstić information content (AvgIpc) is 3.28. The summed E-state index contributed by atoms with van der Waals surface area (Å²) in [6.45, 7) is 4.02. The molecule has 1 atom stereocenters. The van der Waals surface area contributed by atoms with Gasteiger partial charge in [0.2, 0.25) is 0 Å². The Morgan fingerprint density at radius 1 is 1.21 bits per heavy atom. The van der Waals surface area contributed by atoms with Gasteiger partial charge >= 0.3 is 0 Å². The van der Waals surface area contributed by atoms with E-state index >= 15 is 0 Å². The normalized spacial score (nSPS) is 19.8. The standard InChI is InChI=1S/C17H25NO/c1-13(14-6-7-14)18-10-11-19-17-9-8-15-4-2-3-5-16(15)12-17/h8-9,12-14,18H,2-7,10-11H2,1H3. The minimum Gasteiger partial charge on any atom is -0.492 e. The zero-order valence-electron chi connectivity index (χ0n) is 12.0. The largest absolute Gasteiger partial charge is 0.492 e. The fourth-order valence-corrected chi connectivity index (χ4v) is 3.02. The van der Waals surface area contributed by atoms with Crippen molar-refractivity contribution >= 4 is 0 Å². The maximum absolute atomic E-state index is 5.86. The Bertz CT molecular complexity index is 425. The van der Waals surface area contributed by atoms with Crippen LogP contribution in [0.4, 0.5) is 0 Å². The van der Waals surface area contributed by atoms with E-state index in [-0.39, 0.29) is 0 Å². The van der Waals surface area contributed by atoms with Crippen LogP contribution in [0.25, 0.3) is 0 Å². The quantitative estimate of drug-likeness (QED) is 0.791. The second-order valence-electron chi connectivity index (χ2n) is 6.07. The highest BCUT2D eigenvalue weighted by molar-refractivity contribution is 5.37. The van der Waals surface area contributed by atoms with Crippen LogP contribution in [0.2, 0.25) is 0 Å². The fraction of sp³-hybridized carbons (Fsp3) is 0.647. The number of rotatable bonds is 6. The van der Waals surface area contributed by atoms with Gasteiger partial charge < -0.3 is 10.1 Å². The lowest BCUT2D eigenvalue weighted by Crippen LogP contribution is -2.31. The summed E-state index contributed by atoms with van der Waals surface area (Å²) >= 11 is 0. The maximum atomic E-state index is 5.86. The van der Waals surface area contributed by atoms with E-state index in [1.54, 1.807) is 0 Å². The molecule has 0 bridgehead atoms. The molecule has 19 heavy (non-hydrogen) atoms. The number of benzene rings is 1. The van der Waals surface area contributed by atoms with Crippen LogP contribution in [0, 0.1) is 5.92 Å². The predicted octanol–water partition coefficient (Wildman–Crippen LogP) is 3.33. The van der Waals surface area contributed by atoms with Gasteiger partial charge in [-0.25, -0.2) is 0 Å². The molecule has 1 saturated carbocycles. The molecule has 1 aromatic carbocycles. The topological polar surface area (TPSA) is 21.3 Å². The highest BCUT2D eigenvalue weighted by Crippen LogP contribution is 2.32. The molecule has 1 aromatic rings. The summed E-state index contributed by atoms with van der Waals surface area (Å²) in [7, 11) is 0. The first-order chi connectivity index (χ1) is 9.33. The molecule has 1 N–H and O–H groups in total. The van der Waals surface area contributed by atoms with E-state index in [9.17, 15) is 0 Å². The first-order valence-electron chi connectivity index (χ1n) is 7.81. The summed E-state index contributed by atoms with van der Waals surface area (Å²) in [5.74, 6) is 1.96. The van der Waals surface area contributed by atoms with Crippen molar-refractivity contribution in [3.8, 4) is 5.75 Å². The van der Waals surface area contributed by atoms with Crippen LogP contribution in [0.15, 0.2) is 18.2 Å². The Balaban J connectivity index is 1.44. The molecule has 2 nitrogen and oxygen atoms in total. The Kier molecular flexibility index (Phi) is 4.07. The summed E-state index contributed by atoms with van der Waals surface area (Å²) in [6.07, 6.45) is 7.95. The molecule has 0 spiro atoms. The molecule has 0 aliphatic heterocycles. The van der Waals surface area contributed by atoms with E-state index < -0.39 is 0 Å². The molecule has 1 fully saturated rings. The summed E-state index contributed by atoms with van der Waals surface area (Å²) in [6, 6.07) is 7.30. The lowest BCUT2D eigenvalue weighted by molar-refractivity contribution is 0.303. The van der Waals surface area contributed by atoms with Gasteiger partial charge in [-0.3, -0.25) is 0 Å². The number of ether oxygens (including phenoxy) is 1. The van der Waals surface area contributed by atoms with E-state index in [0.717, 1.165) is 24.8 Å². The number of hydrogen-bond donors (Lipinski definition) is 1. The smallest absolute Gasteiger partial charge is 0.119 e. The first-order valence-corrected chi connectivity index (χ1v) is 7.81. The summed E-state index contributed by atoms with van der Waals surface area (Å²) < 4.78 is 5.86. The van der Waals surface area contributed by atoms with E-state index in [0.29, 0.717) is 6.04 Å².